The summed E-state index contributed by atoms with van der Waals surface area (Å²) >= 11 is 4.53. The molecule has 0 aromatic heterocycles. The van der Waals surface area contributed by atoms with Crippen LogP contribution < -0.4 is 0 Å². The Morgan fingerprint density at radius 3 is 2.85 bits per heavy atom. The largest absolute Gasteiger partial charge is 0.293 e. The Morgan fingerprint density at radius 1 is 1.62 bits per heavy atom. The van der Waals surface area contributed by atoms with E-state index in [1.165, 1.54) is 17.8 Å². The fourth-order valence-corrected chi connectivity index (χ4v) is 1.94. The minimum absolute atomic E-state index is 0.150. The van der Waals surface area contributed by atoms with Crippen molar-refractivity contribution in [3.8, 4) is 0 Å². The normalized spacial score (nSPS) is 10.1. The fourth-order valence-electron chi connectivity index (χ4n) is 0.967. The van der Waals surface area contributed by atoms with Crippen LogP contribution in [0.2, 0.25) is 0 Å². The second kappa shape index (κ2) is 4.77. The molecule has 13 heavy (non-hydrogen) atoms. The van der Waals surface area contributed by atoms with Gasteiger partial charge in [-0.2, -0.15) is 11.8 Å². The van der Waals surface area contributed by atoms with E-state index in [1.807, 2.05) is 6.26 Å². The van der Waals surface area contributed by atoms with Crippen LogP contribution in [0.5, 0.6) is 0 Å². The monoisotopic (exact) mass is 262 g/mol. The minimum Gasteiger partial charge on any atom is -0.293 e. The van der Waals surface area contributed by atoms with Gasteiger partial charge in [0.2, 0.25) is 0 Å². The van der Waals surface area contributed by atoms with E-state index in [0.717, 1.165) is 0 Å². The van der Waals surface area contributed by atoms with Crippen LogP contribution in [0.3, 0.4) is 0 Å². The van der Waals surface area contributed by atoms with E-state index in [4.69, 9.17) is 0 Å². The van der Waals surface area contributed by atoms with Crippen molar-refractivity contribution in [1.29, 1.82) is 0 Å². The summed E-state index contributed by atoms with van der Waals surface area (Å²) in [5.41, 5.74) is 0.150. The Bertz CT molecular complexity index is 307. The van der Waals surface area contributed by atoms with Crippen LogP contribution in [-0.4, -0.2) is 17.8 Å². The number of rotatable bonds is 3. The third kappa shape index (κ3) is 2.54. The second-order valence-electron chi connectivity index (χ2n) is 2.45. The number of carbonyl (C=O) groups is 1. The van der Waals surface area contributed by atoms with Gasteiger partial charge in [0.1, 0.15) is 5.82 Å². The standard InChI is InChI=1S/C9H8BrFOS/c1-13-5-8(12)9-6(10)3-2-4-7(9)11/h2-4H,5H2,1H3. The first kappa shape index (κ1) is 10.7. The van der Waals surface area contributed by atoms with E-state index < -0.39 is 5.82 Å². The van der Waals surface area contributed by atoms with Crippen LogP contribution in [-0.2, 0) is 0 Å². The number of benzene rings is 1. The summed E-state index contributed by atoms with van der Waals surface area (Å²) in [4.78, 5) is 11.4. The van der Waals surface area contributed by atoms with Crippen molar-refractivity contribution in [2.75, 3.05) is 12.0 Å². The van der Waals surface area contributed by atoms with Gasteiger partial charge >= 0.3 is 0 Å². The molecular weight excluding hydrogens is 255 g/mol. The molecule has 0 unspecified atom stereocenters. The van der Waals surface area contributed by atoms with Crippen molar-refractivity contribution in [3.63, 3.8) is 0 Å². The van der Waals surface area contributed by atoms with Gasteiger partial charge in [0.15, 0.2) is 5.78 Å². The zero-order chi connectivity index (χ0) is 9.84. The molecule has 0 atom stereocenters. The van der Waals surface area contributed by atoms with Gasteiger partial charge in [-0.25, -0.2) is 4.39 Å². The highest BCUT2D eigenvalue weighted by Gasteiger charge is 2.13. The van der Waals surface area contributed by atoms with Crippen molar-refractivity contribution in [1.82, 2.24) is 0 Å². The number of carbonyl (C=O) groups excluding carboxylic acids is 1. The summed E-state index contributed by atoms with van der Waals surface area (Å²) in [7, 11) is 0. The molecule has 0 aliphatic carbocycles. The number of thioether (sulfide) groups is 1. The van der Waals surface area contributed by atoms with Gasteiger partial charge in [0.25, 0.3) is 0 Å². The molecule has 0 aliphatic rings. The highest BCUT2D eigenvalue weighted by atomic mass is 79.9. The van der Waals surface area contributed by atoms with Crippen molar-refractivity contribution in [3.05, 3.63) is 34.1 Å². The average molecular weight is 263 g/mol. The molecule has 0 radical (unpaired) electrons. The lowest BCUT2D eigenvalue weighted by molar-refractivity contribution is 0.101. The molecule has 0 N–H and O–H groups in total. The van der Waals surface area contributed by atoms with Gasteiger partial charge < -0.3 is 0 Å². The van der Waals surface area contributed by atoms with E-state index in [0.29, 0.717) is 10.2 Å². The van der Waals surface area contributed by atoms with Crippen LogP contribution in [0.1, 0.15) is 10.4 Å². The molecule has 0 amide bonds. The number of halogens is 2. The van der Waals surface area contributed by atoms with Crippen molar-refractivity contribution >= 4 is 33.5 Å². The number of hydrogen-bond acceptors (Lipinski definition) is 2. The second-order valence-corrected chi connectivity index (χ2v) is 4.17. The van der Waals surface area contributed by atoms with E-state index in [9.17, 15) is 9.18 Å². The highest BCUT2D eigenvalue weighted by molar-refractivity contribution is 9.10. The Hall–Kier alpha value is -0.350. The zero-order valence-electron chi connectivity index (χ0n) is 7.01. The molecule has 4 heteroatoms. The fraction of sp³-hybridized carbons (Fsp3) is 0.222. The molecule has 0 saturated heterocycles. The van der Waals surface area contributed by atoms with Crippen LogP contribution in [0, 0.1) is 5.82 Å². The first-order valence-electron chi connectivity index (χ1n) is 3.63. The highest BCUT2D eigenvalue weighted by Crippen LogP contribution is 2.20. The van der Waals surface area contributed by atoms with Crippen LogP contribution in [0.4, 0.5) is 4.39 Å². The Kier molecular flexibility index (Phi) is 3.93. The molecule has 70 valence electrons. The predicted octanol–water partition coefficient (Wildman–Crippen LogP) is 3.13. The van der Waals surface area contributed by atoms with Crippen LogP contribution >= 0.6 is 27.7 Å². The summed E-state index contributed by atoms with van der Waals surface area (Å²) in [5, 5.41) is 0. The minimum atomic E-state index is -0.464. The summed E-state index contributed by atoms with van der Waals surface area (Å²) in [6.45, 7) is 0. The molecule has 1 aromatic rings. The van der Waals surface area contributed by atoms with Gasteiger partial charge in [-0.1, -0.05) is 6.07 Å². The molecule has 1 aromatic carbocycles. The molecule has 0 aliphatic heterocycles. The van der Waals surface area contributed by atoms with E-state index in [-0.39, 0.29) is 11.3 Å². The lowest BCUT2D eigenvalue weighted by Gasteiger charge is -2.02. The van der Waals surface area contributed by atoms with Crippen LogP contribution in [0.25, 0.3) is 0 Å². The molecule has 0 heterocycles. The molecule has 0 fully saturated rings. The lowest BCUT2D eigenvalue weighted by Crippen LogP contribution is -2.05. The summed E-state index contributed by atoms with van der Waals surface area (Å²) in [5.74, 6) is -0.342. The number of hydrogen-bond donors (Lipinski definition) is 0. The first-order valence-corrected chi connectivity index (χ1v) is 5.81. The predicted molar refractivity (Wildman–Crippen MR) is 56.8 cm³/mol. The molecular formula is C9H8BrFOS. The maximum Gasteiger partial charge on any atom is 0.176 e. The van der Waals surface area contributed by atoms with E-state index in [2.05, 4.69) is 15.9 Å². The van der Waals surface area contributed by atoms with Gasteiger partial charge in [0.05, 0.1) is 11.3 Å². The van der Waals surface area contributed by atoms with Crippen molar-refractivity contribution < 1.29 is 9.18 Å². The third-order valence-electron chi connectivity index (χ3n) is 1.52. The summed E-state index contributed by atoms with van der Waals surface area (Å²) < 4.78 is 13.7. The van der Waals surface area contributed by atoms with E-state index >= 15 is 0 Å². The lowest BCUT2D eigenvalue weighted by atomic mass is 10.1. The van der Waals surface area contributed by atoms with Gasteiger partial charge in [-0.15, -0.1) is 0 Å². The Labute approximate surface area is 88.8 Å². The first-order chi connectivity index (χ1) is 6.16. The molecule has 0 spiro atoms. The molecule has 0 bridgehead atoms. The van der Waals surface area contributed by atoms with Crippen LogP contribution in [0.15, 0.2) is 22.7 Å². The molecule has 1 rings (SSSR count). The molecule has 0 saturated carbocycles. The average Bonchev–Trinajstić information content (AvgIpc) is 2.04. The number of ketones is 1. The number of Topliss-reactive ketones (excluding diaryl/α,β-unsaturated/α-hetero) is 1. The third-order valence-corrected chi connectivity index (χ3v) is 2.73. The van der Waals surface area contributed by atoms with Crippen molar-refractivity contribution in [2.24, 2.45) is 0 Å². The summed E-state index contributed by atoms with van der Waals surface area (Å²) in [6.07, 6.45) is 1.81. The SMILES string of the molecule is CSCC(=O)c1c(F)cccc1Br. The van der Waals surface area contributed by atoms with Crippen molar-refractivity contribution in [2.45, 2.75) is 0 Å². The maximum atomic E-state index is 13.2. The maximum absolute atomic E-state index is 13.2. The van der Waals surface area contributed by atoms with Gasteiger partial charge in [0, 0.05) is 4.47 Å². The van der Waals surface area contributed by atoms with E-state index in [1.54, 1.807) is 12.1 Å². The summed E-state index contributed by atoms with van der Waals surface area (Å²) in [6, 6.07) is 4.52. The quantitative estimate of drug-likeness (QED) is 0.779. The van der Waals surface area contributed by atoms with Gasteiger partial charge in [-0.05, 0) is 34.3 Å². The zero-order valence-corrected chi connectivity index (χ0v) is 9.41. The topological polar surface area (TPSA) is 17.1 Å². The smallest absolute Gasteiger partial charge is 0.176 e. The Morgan fingerprint density at radius 2 is 2.31 bits per heavy atom. The van der Waals surface area contributed by atoms with Gasteiger partial charge in [-0.3, -0.25) is 4.79 Å². The molecule has 1 nitrogen and oxygen atoms in total. The Balaban J connectivity index is 3.05.